The average Bonchev–Trinajstić information content (AvgIpc) is 2.52. The van der Waals surface area contributed by atoms with E-state index in [1.165, 1.54) is 7.05 Å². The molecule has 0 saturated heterocycles. The quantitative estimate of drug-likeness (QED) is 0.909. The summed E-state index contributed by atoms with van der Waals surface area (Å²) in [4.78, 5) is 11.0. The Morgan fingerprint density at radius 3 is 2.25 bits per heavy atom. The first-order valence-electron chi connectivity index (χ1n) is 6.38. The molecule has 0 aliphatic carbocycles. The number of hydrogen-bond acceptors (Lipinski definition) is 3. The summed E-state index contributed by atoms with van der Waals surface area (Å²) < 4.78 is 10.6. The number of amides is 1. The van der Waals surface area contributed by atoms with Crippen LogP contribution in [0.15, 0.2) is 54.6 Å². The van der Waals surface area contributed by atoms with Crippen molar-refractivity contribution in [1.82, 2.24) is 5.32 Å². The van der Waals surface area contributed by atoms with Gasteiger partial charge in [0.25, 0.3) is 0 Å². The Labute approximate surface area is 118 Å². The molecular weight excluding hydrogens is 254 g/mol. The molecule has 0 aromatic heterocycles. The fourth-order valence-corrected chi connectivity index (χ4v) is 1.64. The van der Waals surface area contributed by atoms with Crippen LogP contribution in [0.2, 0.25) is 0 Å². The lowest BCUT2D eigenvalue weighted by molar-refractivity contribution is 0.142. The number of carbonyl (C=O) groups excluding carboxylic acids is 1. The number of rotatable bonds is 5. The van der Waals surface area contributed by atoms with Crippen LogP contribution in [0.25, 0.3) is 0 Å². The Kier molecular flexibility index (Phi) is 5.00. The molecular formula is C16H17NO3. The van der Waals surface area contributed by atoms with E-state index in [1.807, 2.05) is 54.6 Å². The number of nitrogens with one attached hydrogen (secondary N) is 1. The molecule has 4 nitrogen and oxygen atoms in total. The van der Waals surface area contributed by atoms with E-state index in [9.17, 15) is 4.79 Å². The molecule has 0 aliphatic heterocycles. The summed E-state index contributed by atoms with van der Waals surface area (Å²) >= 11 is 0. The average molecular weight is 271 g/mol. The molecule has 0 radical (unpaired) electrons. The minimum absolute atomic E-state index is 0.249. The summed E-state index contributed by atoms with van der Waals surface area (Å²) in [5.41, 5.74) is 2.04. The van der Waals surface area contributed by atoms with Crippen molar-refractivity contribution in [2.75, 3.05) is 7.05 Å². The summed E-state index contributed by atoms with van der Waals surface area (Å²) in [5, 5.41) is 2.40. The molecule has 104 valence electrons. The third kappa shape index (κ3) is 4.31. The van der Waals surface area contributed by atoms with Crippen LogP contribution >= 0.6 is 0 Å². The van der Waals surface area contributed by atoms with Gasteiger partial charge in [-0.05, 0) is 23.3 Å². The van der Waals surface area contributed by atoms with Gasteiger partial charge < -0.3 is 14.8 Å². The van der Waals surface area contributed by atoms with Gasteiger partial charge in [0.15, 0.2) is 0 Å². The lowest BCUT2D eigenvalue weighted by Gasteiger charge is -2.08. The van der Waals surface area contributed by atoms with Crippen LogP contribution in [0.1, 0.15) is 11.1 Å². The highest BCUT2D eigenvalue weighted by molar-refractivity contribution is 5.66. The van der Waals surface area contributed by atoms with Crippen LogP contribution in [0, 0.1) is 0 Å². The van der Waals surface area contributed by atoms with Crippen LogP contribution in [0.4, 0.5) is 4.79 Å². The first-order valence-corrected chi connectivity index (χ1v) is 6.38. The van der Waals surface area contributed by atoms with Crippen molar-refractivity contribution in [3.63, 3.8) is 0 Å². The zero-order valence-electron chi connectivity index (χ0n) is 11.3. The second-order valence-electron chi connectivity index (χ2n) is 4.24. The summed E-state index contributed by atoms with van der Waals surface area (Å²) in [7, 11) is 1.53. The third-order valence-corrected chi connectivity index (χ3v) is 2.75. The topological polar surface area (TPSA) is 47.6 Å². The molecule has 2 aromatic rings. The molecule has 0 heterocycles. The van der Waals surface area contributed by atoms with Gasteiger partial charge in [-0.25, -0.2) is 4.79 Å². The maximum atomic E-state index is 11.0. The summed E-state index contributed by atoms with van der Waals surface area (Å²) in [6.45, 7) is 0.785. The largest absolute Gasteiger partial charge is 0.489 e. The Hall–Kier alpha value is -2.49. The van der Waals surface area contributed by atoms with Crippen LogP contribution in [0.5, 0.6) is 5.75 Å². The fraction of sp³-hybridized carbons (Fsp3) is 0.188. The Bertz CT molecular complexity index is 537. The van der Waals surface area contributed by atoms with E-state index in [2.05, 4.69) is 5.32 Å². The summed E-state index contributed by atoms with van der Waals surface area (Å²) in [5.74, 6) is 0.789. The smallest absolute Gasteiger partial charge is 0.407 e. The molecule has 2 aromatic carbocycles. The maximum absolute atomic E-state index is 11.0. The minimum atomic E-state index is -0.436. The zero-order chi connectivity index (χ0) is 14.2. The maximum Gasteiger partial charge on any atom is 0.407 e. The van der Waals surface area contributed by atoms with Gasteiger partial charge in [0.05, 0.1) is 0 Å². The van der Waals surface area contributed by atoms with Crippen LogP contribution in [-0.2, 0) is 18.0 Å². The molecule has 0 fully saturated rings. The van der Waals surface area contributed by atoms with Gasteiger partial charge in [0, 0.05) is 7.05 Å². The van der Waals surface area contributed by atoms with E-state index in [-0.39, 0.29) is 6.61 Å². The SMILES string of the molecule is CNC(=O)OCc1ccc(OCc2ccccc2)cc1. The van der Waals surface area contributed by atoms with Gasteiger partial charge in [0.2, 0.25) is 0 Å². The molecule has 0 saturated carbocycles. The van der Waals surface area contributed by atoms with Gasteiger partial charge in [-0.2, -0.15) is 0 Å². The van der Waals surface area contributed by atoms with Gasteiger partial charge in [-0.3, -0.25) is 0 Å². The molecule has 0 spiro atoms. The predicted octanol–water partition coefficient (Wildman–Crippen LogP) is 3.12. The highest BCUT2D eigenvalue weighted by atomic mass is 16.5. The van der Waals surface area contributed by atoms with E-state index in [1.54, 1.807) is 0 Å². The highest BCUT2D eigenvalue weighted by Crippen LogP contribution is 2.14. The molecule has 1 amide bonds. The molecule has 0 aliphatic rings. The number of alkyl carbamates (subject to hydrolysis) is 1. The van der Waals surface area contributed by atoms with E-state index < -0.39 is 6.09 Å². The highest BCUT2D eigenvalue weighted by Gasteiger charge is 2.00. The van der Waals surface area contributed by atoms with Crippen molar-refractivity contribution in [3.05, 3.63) is 65.7 Å². The van der Waals surface area contributed by atoms with Gasteiger partial charge in [-0.1, -0.05) is 42.5 Å². The second-order valence-corrected chi connectivity index (χ2v) is 4.24. The number of benzene rings is 2. The second kappa shape index (κ2) is 7.19. The van der Waals surface area contributed by atoms with Crippen LogP contribution in [0.3, 0.4) is 0 Å². The van der Waals surface area contributed by atoms with Crippen molar-refractivity contribution in [1.29, 1.82) is 0 Å². The van der Waals surface area contributed by atoms with Crippen molar-refractivity contribution >= 4 is 6.09 Å². The number of hydrogen-bond donors (Lipinski definition) is 1. The fourth-order valence-electron chi connectivity index (χ4n) is 1.64. The molecule has 4 heteroatoms. The van der Waals surface area contributed by atoms with Crippen molar-refractivity contribution in [2.45, 2.75) is 13.2 Å². The van der Waals surface area contributed by atoms with E-state index in [0.29, 0.717) is 6.61 Å². The van der Waals surface area contributed by atoms with Crippen LogP contribution in [-0.4, -0.2) is 13.1 Å². The zero-order valence-corrected chi connectivity index (χ0v) is 11.3. The first kappa shape index (κ1) is 13.9. The van der Waals surface area contributed by atoms with Gasteiger partial charge in [0.1, 0.15) is 19.0 Å². The van der Waals surface area contributed by atoms with Crippen molar-refractivity contribution < 1.29 is 14.3 Å². The predicted molar refractivity (Wildman–Crippen MR) is 76.5 cm³/mol. The Morgan fingerprint density at radius 1 is 0.950 bits per heavy atom. The molecule has 0 atom stereocenters. The van der Waals surface area contributed by atoms with Gasteiger partial charge >= 0.3 is 6.09 Å². The normalized spacial score (nSPS) is 9.85. The first-order chi connectivity index (χ1) is 9.78. The molecule has 2 rings (SSSR count). The third-order valence-electron chi connectivity index (χ3n) is 2.75. The Balaban J connectivity index is 1.84. The Morgan fingerprint density at radius 2 is 1.60 bits per heavy atom. The van der Waals surface area contributed by atoms with E-state index in [4.69, 9.17) is 9.47 Å². The summed E-state index contributed by atoms with van der Waals surface area (Å²) in [6, 6.07) is 17.5. The number of ether oxygens (including phenoxy) is 2. The lowest BCUT2D eigenvalue weighted by atomic mass is 10.2. The lowest BCUT2D eigenvalue weighted by Crippen LogP contribution is -2.18. The standard InChI is InChI=1S/C16H17NO3/c1-17-16(18)20-12-14-7-9-15(10-8-14)19-11-13-5-3-2-4-6-13/h2-10H,11-12H2,1H3,(H,17,18). The molecule has 0 unspecified atom stereocenters. The molecule has 20 heavy (non-hydrogen) atoms. The van der Waals surface area contributed by atoms with E-state index >= 15 is 0 Å². The van der Waals surface area contributed by atoms with Gasteiger partial charge in [-0.15, -0.1) is 0 Å². The minimum Gasteiger partial charge on any atom is -0.489 e. The van der Waals surface area contributed by atoms with Crippen LogP contribution < -0.4 is 10.1 Å². The van der Waals surface area contributed by atoms with Crippen molar-refractivity contribution in [3.8, 4) is 5.75 Å². The summed E-state index contributed by atoms with van der Waals surface area (Å²) in [6.07, 6.45) is -0.436. The number of carbonyl (C=O) groups is 1. The monoisotopic (exact) mass is 271 g/mol. The van der Waals surface area contributed by atoms with E-state index in [0.717, 1.165) is 16.9 Å². The molecule has 0 bridgehead atoms. The molecule has 1 N–H and O–H groups in total. The van der Waals surface area contributed by atoms with Crippen molar-refractivity contribution in [2.24, 2.45) is 0 Å².